The van der Waals surface area contributed by atoms with Crippen LogP contribution in [-0.2, 0) is 9.59 Å². The van der Waals surface area contributed by atoms with Crippen molar-refractivity contribution in [1.29, 1.82) is 0 Å². The fourth-order valence-electron chi connectivity index (χ4n) is 0.512. The third-order valence-electron chi connectivity index (χ3n) is 1.32. The molecular weight excluding hydrogens is 144 g/mol. The highest BCUT2D eigenvalue weighted by Gasteiger charge is 2.06. The second kappa shape index (κ2) is 4.79. The van der Waals surface area contributed by atoms with E-state index >= 15 is 0 Å². The van der Waals surface area contributed by atoms with Gasteiger partial charge in [0.25, 0.3) is 0 Å². The Labute approximate surface area is 65.7 Å². The largest absolute Gasteiger partial charge is 0.385 e. The second-order valence-corrected chi connectivity index (χ2v) is 2.43. The Bertz CT molecular complexity index is 182. The Morgan fingerprint density at radius 1 is 1.55 bits per heavy atom. The van der Waals surface area contributed by atoms with Crippen LogP contribution in [0.15, 0.2) is 11.6 Å². The number of carbonyl (C=O) groups excluding carboxylic acids is 2. The number of hydrogen-bond donors (Lipinski definition) is 1. The van der Waals surface area contributed by atoms with Gasteiger partial charge in [0.1, 0.15) is 12.4 Å². The zero-order chi connectivity index (χ0) is 8.85. The van der Waals surface area contributed by atoms with Gasteiger partial charge in [-0.25, -0.2) is 0 Å². The van der Waals surface area contributed by atoms with E-state index in [1.54, 1.807) is 13.0 Å². The van der Waals surface area contributed by atoms with Gasteiger partial charge >= 0.3 is 0 Å². The predicted octanol–water partition coefficient (Wildman–Crippen LogP) is 0.472. The Morgan fingerprint density at radius 2 is 2.09 bits per heavy atom. The molecule has 0 amide bonds. The van der Waals surface area contributed by atoms with Crippen molar-refractivity contribution in [3.8, 4) is 0 Å². The number of Topliss-reactive ketones (excluding diaryl/α,β-unsaturated/α-hetero) is 1. The Morgan fingerprint density at radius 3 is 2.45 bits per heavy atom. The van der Waals surface area contributed by atoms with Crippen LogP contribution in [0.2, 0.25) is 0 Å². The third-order valence-corrected chi connectivity index (χ3v) is 1.32. The van der Waals surface area contributed by atoms with Crippen molar-refractivity contribution in [2.75, 3.05) is 0 Å². The minimum Gasteiger partial charge on any atom is -0.385 e. The lowest BCUT2D eigenvalue weighted by Crippen LogP contribution is -2.15. The molecule has 3 heteroatoms. The van der Waals surface area contributed by atoms with Crippen LogP contribution in [-0.4, -0.2) is 23.3 Å². The molecule has 0 radical (unpaired) electrons. The van der Waals surface area contributed by atoms with E-state index in [0.29, 0.717) is 11.9 Å². The number of allylic oxidation sites excluding steroid dienone is 1. The van der Waals surface area contributed by atoms with E-state index in [9.17, 15) is 9.59 Å². The van der Waals surface area contributed by atoms with Gasteiger partial charge in [0.2, 0.25) is 0 Å². The average Bonchev–Trinajstić information content (AvgIpc) is 1.99. The van der Waals surface area contributed by atoms with Gasteiger partial charge < -0.3 is 5.11 Å². The van der Waals surface area contributed by atoms with Crippen LogP contribution in [0.4, 0.5) is 0 Å². The molecule has 3 nitrogen and oxygen atoms in total. The lowest BCUT2D eigenvalue weighted by Gasteiger charge is -2.00. The average molecular weight is 156 g/mol. The summed E-state index contributed by atoms with van der Waals surface area (Å²) in [7, 11) is 0. The maximum absolute atomic E-state index is 10.5. The van der Waals surface area contributed by atoms with Crippen molar-refractivity contribution in [3.63, 3.8) is 0 Å². The SMILES string of the molecule is CC(=O)[C@H](O)C/C=C(\C)C=O. The molecule has 0 rings (SSSR count). The van der Waals surface area contributed by atoms with E-state index < -0.39 is 6.10 Å². The minimum absolute atomic E-state index is 0.222. The smallest absolute Gasteiger partial charge is 0.158 e. The van der Waals surface area contributed by atoms with Gasteiger partial charge in [-0.1, -0.05) is 6.08 Å². The van der Waals surface area contributed by atoms with Crippen LogP contribution in [0.1, 0.15) is 20.3 Å². The summed E-state index contributed by atoms with van der Waals surface area (Å²) in [6.07, 6.45) is 1.48. The molecule has 0 aliphatic carbocycles. The summed E-state index contributed by atoms with van der Waals surface area (Å²) in [5.41, 5.74) is 0.533. The molecule has 0 heterocycles. The van der Waals surface area contributed by atoms with E-state index in [2.05, 4.69) is 0 Å². The molecule has 0 fully saturated rings. The van der Waals surface area contributed by atoms with Crippen LogP contribution in [0.25, 0.3) is 0 Å². The number of aliphatic hydroxyl groups excluding tert-OH is 1. The first-order valence-corrected chi connectivity index (χ1v) is 3.38. The predicted molar refractivity (Wildman–Crippen MR) is 41.1 cm³/mol. The molecule has 0 unspecified atom stereocenters. The monoisotopic (exact) mass is 156 g/mol. The number of hydrogen-bond acceptors (Lipinski definition) is 3. The molecule has 0 spiro atoms. The molecule has 0 bridgehead atoms. The summed E-state index contributed by atoms with van der Waals surface area (Å²) in [4.78, 5) is 20.5. The van der Waals surface area contributed by atoms with Crippen molar-refractivity contribution >= 4 is 12.1 Å². The van der Waals surface area contributed by atoms with Gasteiger partial charge in [0, 0.05) is 0 Å². The molecule has 11 heavy (non-hydrogen) atoms. The molecule has 0 saturated heterocycles. The summed E-state index contributed by atoms with van der Waals surface area (Å²) in [6.45, 7) is 2.94. The summed E-state index contributed by atoms with van der Waals surface area (Å²) in [6, 6.07) is 0. The van der Waals surface area contributed by atoms with Crippen molar-refractivity contribution in [2.24, 2.45) is 0 Å². The van der Waals surface area contributed by atoms with Gasteiger partial charge in [-0.3, -0.25) is 9.59 Å². The molecule has 0 aromatic rings. The third kappa shape index (κ3) is 4.44. The number of rotatable bonds is 4. The van der Waals surface area contributed by atoms with Gasteiger partial charge in [0.05, 0.1) is 0 Å². The minimum atomic E-state index is -0.968. The second-order valence-electron chi connectivity index (χ2n) is 2.43. The molecule has 0 aromatic heterocycles. The zero-order valence-electron chi connectivity index (χ0n) is 6.70. The molecule has 0 aliphatic heterocycles. The van der Waals surface area contributed by atoms with E-state index in [1.165, 1.54) is 6.92 Å². The lowest BCUT2D eigenvalue weighted by atomic mass is 10.1. The van der Waals surface area contributed by atoms with Crippen molar-refractivity contribution in [3.05, 3.63) is 11.6 Å². The zero-order valence-corrected chi connectivity index (χ0v) is 6.70. The highest BCUT2D eigenvalue weighted by atomic mass is 16.3. The Balaban J connectivity index is 3.87. The van der Waals surface area contributed by atoms with Crippen LogP contribution in [0.5, 0.6) is 0 Å². The van der Waals surface area contributed by atoms with Crippen LogP contribution in [0, 0.1) is 0 Å². The molecule has 0 saturated carbocycles. The van der Waals surface area contributed by atoms with Gasteiger partial charge in [-0.05, 0) is 25.8 Å². The number of ketones is 1. The molecule has 1 N–H and O–H groups in total. The first-order chi connectivity index (χ1) is 5.07. The van der Waals surface area contributed by atoms with Crippen molar-refractivity contribution in [1.82, 2.24) is 0 Å². The van der Waals surface area contributed by atoms with E-state index in [1.807, 2.05) is 0 Å². The number of aldehydes is 1. The van der Waals surface area contributed by atoms with E-state index in [-0.39, 0.29) is 12.2 Å². The van der Waals surface area contributed by atoms with Gasteiger partial charge in [-0.2, -0.15) is 0 Å². The highest BCUT2D eigenvalue weighted by molar-refractivity contribution is 5.80. The van der Waals surface area contributed by atoms with E-state index in [4.69, 9.17) is 5.11 Å². The fraction of sp³-hybridized carbons (Fsp3) is 0.500. The van der Waals surface area contributed by atoms with Crippen molar-refractivity contribution < 1.29 is 14.7 Å². The normalized spacial score (nSPS) is 14.3. The molecule has 0 aliphatic rings. The summed E-state index contributed by atoms with van der Waals surface area (Å²) in [5, 5.41) is 8.96. The summed E-state index contributed by atoms with van der Waals surface area (Å²) >= 11 is 0. The standard InChI is InChI=1S/C8H12O3/c1-6(5-9)3-4-8(11)7(2)10/h3,5,8,11H,4H2,1-2H3/b6-3+/t8-/m1/s1. The van der Waals surface area contributed by atoms with Gasteiger partial charge in [0.15, 0.2) is 5.78 Å². The Kier molecular flexibility index (Phi) is 4.38. The van der Waals surface area contributed by atoms with E-state index in [0.717, 1.165) is 0 Å². The maximum atomic E-state index is 10.5. The maximum Gasteiger partial charge on any atom is 0.158 e. The number of carbonyl (C=O) groups is 2. The molecular formula is C8H12O3. The highest BCUT2D eigenvalue weighted by Crippen LogP contribution is 1.97. The Hall–Kier alpha value is -0.960. The first-order valence-electron chi connectivity index (χ1n) is 3.38. The van der Waals surface area contributed by atoms with Crippen molar-refractivity contribution in [2.45, 2.75) is 26.4 Å². The molecule has 62 valence electrons. The number of aliphatic hydroxyl groups is 1. The van der Waals surface area contributed by atoms with Crippen LogP contribution < -0.4 is 0 Å². The fourth-order valence-corrected chi connectivity index (χ4v) is 0.512. The topological polar surface area (TPSA) is 54.4 Å². The van der Waals surface area contributed by atoms with Crippen LogP contribution >= 0.6 is 0 Å². The summed E-state index contributed by atoms with van der Waals surface area (Å²) in [5.74, 6) is -0.278. The quantitative estimate of drug-likeness (QED) is 0.475. The first kappa shape index (κ1) is 10.0. The lowest BCUT2D eigenvalue weighted by molar-refractivity contribution is -0.124. The molecule has 0 aromatic carbocycles. The molecule has 1 atom stereocenters. The van der Waals surface area contributed by atoms with Gasteiger partial charge in [-0.15, -0.1) is 0 Å². The summed E-state index contributed by atoms with van der Waals surface area (Å²) < 4.78 is 0. The van der Waals surface area contributed by atoms with Crippen LogP contribution in [0.3, 0.4) is 0 Å².